The van der Waals surface area contributed by atoms with Gasteiger partial charge in [-0.25, -0.2) is 0 Å². The Balaban J connectivity index is 3.19. The zero-order valence-electron chi connectivity index (χ0n) is 9.23. The summed E-state index contributed by atoms with van der Waals surface area (Å²) < 4.78 is 5.24. The number of carbonyl (C=O) groups is 1. The highest BCUT2D eigenvalue weighted by Gasteiger charge is 2.17. The normalized spacial score (nSPS) is 9.88. The molecule has 0 aliphatic carbocycles. The maximum atomic E-state index is 10.8. The maximum absolute atomic E-state index is 10.8. The van der Waals surface area contributed by atoms with E-state index in [9.17, 15) is 14.9 Å². The van der Waals surface area contributed by atoms with E-state index < -0.39 is 4.92 Å². The molecule has 0 spiro atoms. The van der Waals surface area contributed by atoms with Crippen molar-refractivity contribution in [3.8, 4) is 5.75 Å². The Kier molecular flexibility index (Phi) is 3.99. The molecule has 16 heavy (non-hydrogen) atoms. The van der Waals surface area contributed by atoms with Crippen LogP contribution in [0.5, 0.6) is 5.75 Å². The average molecular weight is 223 g/mol. The smallest absolute Gasteiger partial charge is 0.311 e. The van der Waals surface area contributed by atoms with E-state index in [0.29, 0.717) is 24.0 Å². The first-order valence-electron chi connectivity index (χ1n) is 4.97. The Hall–Kier alpha value is -1.91. The van der Waals surface area contributed by atoms with Crippen LogP contribution >= 0.6 is 0 Å². The van der Waals surface area contributed by atoms with Crippen molar-refractivity contribution in [3.05, 3.63) is 33.4 Å². The summed E-state index contributed by atoms with van der Waals surface area (Å²) in [6.07, 6.45) is 1.42. The summed E-state index contributed by atoms with van der Waals surface area (Å²) in [5, 5.41) is 10.8. The highest BCUT2D eigenvalue weighted by atomic mass is 16.6. The van der Waals surface area contributed by atoms with Crippen molar-refractivity contribution in [1.29, 1.82) is 0 Å². The number of rotatable bonds is 5. The van der Waals surface area contributed by atoms with Crippen molar-refractivity contribution in [3.63, 3.8) is 0 Å². The first-order chi connectivity index (χ1) is 7.60. The third-order valence-electron chi connectivity index (χ3n) is 2.13. The highest BCUT2D eigenvalue weighted by molar-refractivity contribution is 5.79. The third-order valence-corrected chi connectivity index (χ3v) is 2.13. The van der Waals surface area contributed by atoms with Crippen molar-refractivity contribution < 1.29 is 14.5 Å². The average Bonchev–Trinajstić information content (AvgIpc) is 2.26. The molecule has 5 nitrogen and oxygen atoms in total. The summed E-state index contributed by atoms with van der Waals surface area (Å²) in [7, 11) is 0. The molecule has 1 aromatic carbocycles. The zero-order chi connectivity index (χ0) is 12.1. The Bertz CT molecular complexity index is 415. The second-order valence-corrected chi connectivity index (χ2v) is 3.40. The van der Waals surface area contributed by atoms with E-state index in [4.69, 9.17) is 4.74 Å². The van der Waals surface area contributed by atoms with E-state index >= 15 is 0 Å². The van der Waals surface area contributed by atoms with Crippen molar-refractivity contribution in [2.75, 3.05) is 6.61 Å². The third kappa shape index (κ3) is 2.56. The molecule has 0 saturated carbocycles. The van der Waals surface area contributed by atoms with Crippen LogP contribution in [0.15, 0.2) is 12.1 Å². The van der Waals surface area contributed by atoms with Crippen LogP contribution in [0.4, 0.5) is 5.69 Å². The minimum Gasteiger partial charge on any atom is -0.487 e. The van der Waals surface area contributed by atoms with Crippen LogP contribution in [0, 0.1) is 17.0 Å². The second-order valence-electron chi connectivity index (χ2n) is 3.40. The first-order valence-corrected chi connectivity index (χ1v) is 4.97. The number of aldehydes is 1. The molecule has 0 saturated heterocycles. The monoisotopic (exact) mass is 223 g/mol. The zero-order valence-corrected chi connectivity index (χ0v) is 9.23. The van der Waals surface area contributed by atoms with Crippen LogP contribution in [0.25, 0.3) is 0 Å². The van der Waals surface area contributed by atoms with Crippen molar-refractivity contribution in [2.45, 2.75) is 20.3 Å². The molecule has 0 aliphatic rings. The molecular weight excluding hydrogens is 210 g/mol. The van der Waals surface area contributed by atoms with Gasteiger partial charge in [-0.3, -0.25) is 14.9 Å². The van der Waals surface area contributed by atoms with Crippen LogP contribution < -0.4 is 4.74 Å². The standard InChI is InChI=1S/C11H13NO4/c1-3-4-16-11-6-9(7-13)8(2)5-10(11)12(14)15/h5-7H,3-4H2,1-2H3. The van der Waals surface area contributed by atoms with Gasteiger partial charge in [0.05, 0.1) is 11.5 Å². The molecule has 1 aromatic rings. The topological polar surface area (TPSA) is 69.4 Å². The number of hydrogen-bond acceptors (Lipinski definition) is 4. The van der Waals surface area contributed by atoms with Crippen molar-refractivity contribution in [1.82, 2.24) is 0 Å². The molecule has 0 aromatic heterocycles. The van der Waals surface area contributed by atoms with Crippen LogP contribution in [-0.4, -0.2) is 17.8 Å². The molecular formula is C11H13NO4. The van der Waals surface area contributed by atoms with Gasteiger partial charge in [-0.2, -0.15) is 0 Å². The highest BCUT2D eigenvalue weighted by Crippen LogP contribution is 2.29. The lowest BCUT2D eigenvalue weighted by Gasteiger charge is -2.07. The minimum atomic E-state index is -0.507. The molecule has 0 fully saturated rings. The fraction of sp³-hybridized carbons (Fsp3) is 0.364. The SMILES string of the molecule is CCCOc1cc(C=O)c(C)cc1[N+](=O)[O-]. The molecule has 0 amide bonds. The van der Waals surface area contributed by atoms with E-state index in [2.05, 4.69) is 0 Å². The van der Waals surface area contributed by atoms with Gasteiger partial charge in [-0.1, -0.05) is 6.92 Å². The maximum Gasteiger partial charge on any atom is 0.311 e. The lowest BCUT2D eigenvalue weighted by molar-refractivity contribution is -0.385. The Morgan fingerprint density at radius 1 is 1.50 bits per heavy atom. The number of carbonyl (C=O) groups excluding carboxylic acids is 1. The Morgan fingerprint density at radius 2 is 2.19 bits per heavy atom. The van der Waals surface area contributed by atoms with Gasteiger partial charge < -0.3 is 4.74 Å². The largest absolute Gasteiger partial charge is 0.487 e. The number of nitrogens with zero attached hydrogens (tertiary/aromatic N) is 1. The summed E-state index contributed by atoms with van der Waals surface area (Å²) in [5.41, 5.74) is 0.888. The predicted molar refractivity (Wildman–Crippen MR) is 59.0 cm³/mol. The van der Waals surface area contributed by atoms with Gasteiger partial charge in [0.25, 0.3) is 0 Å². The lowest BCUT2D eigenvalue weighted by atomic mass is 10.1. The summed E-state index contributed by atoms with van der Waals surface area (Å²) in [6.45, 7) is 3.95. The van der Waals surface area contributed by atoms with Gasteiger partial charge in [-0.15, -0.1) is 0 Å². The predicted octanol–water partition coefficient (Wildman–Crippen LogP) is 2.50. The van der Waals surface area contributed by atoms with Gasteiger partial charge in [0.2, 0.25) is 0 Å². The molecule has 86 valence electrons. The van der Waals surface area contributed by atoms with E-state index in [0.717, 1.165) is 6.42 Å². The molecule has 0 radical (unpaired) electrons. The summed E-state index contributed by atoms with van der Waals surface area (Å²) in [4.78, 5) is 21.0. The molecule has 0 aliphatic heterocycles. The Labute approximate surface area is 93.2 Å². The summed E-state index contributed by atoms with van der Waals surface area (Å²) in [5.74, 6) is 0.152. The van der Waals surface area contributed by atoms with Gasteiger partial charge >= 0.3 is 5.69 Å². The van der Waals surface area contributed by atoms with Gasteiger partial charge in [0.1, 0.15) is 6.29 Å². The number of nitro groups is 1. The van der Waals surface area contributed by atoms with Gasteiger partial charge in [-0.05, 0) is 25.0 Å². The molecule has 0 heterocycles. The molecule has 0 unspecified atom stereocenters. The summed E-state index contributed by atoms with van der Waals surface area (Å²) in [6, 6.07) is 2.77. The van der Waals surface area contributed by atoms with Crippen LogP contribution in [-0.2, 0) is 0 Å². The Morgan fingerprint density at radius 3 is 2.69 bits per heavy atom. The van der Waals surface area contributed by atoms with Gasteiger partial charge in [0.15, 0.2) is 5.75 Å². The van der Waals surface area contributed by atoms with Crippen LogP contribution in [0.2, 0.25) is 0 Å². The van der Waals surface area contributed by atoms with Gasteiger partial charge in [0, 0.05) is 11.6 Å². The fourth-order valence-electron chi connectivity index (χ4n) is 1.29. The molecule has 0 N–H and O–H groups in total. The van der Waals surface area contributed by atoms with E-state index in [1.165, 1.54) is 12.1 Å². The molecule has 1 rings (SSSR count). The number of aryl methyl sites for hydroxylation is 1. The fourth-order valence-corrected chi connectivity index (χ4v) is 1.29. The second kappa shape index (κ2) is 5.25. The summed E-state index contributed by atoms with van der Waals surface area (Å²) >= 11 is 0. The molecule has 0 atom stereocenters. The molecule has 5 heteroatoms. The van der Waals surface area contributed by atoms with Crippen molar-refractivity contribution >= 4 is 12.0 Å². The van der Waals surface area contributed by atoms with Crippen molar-refractivity contribution in [2.24, 2.45) is 0 Å². The number of benzene rings is 1. The first kappa shape index (κ1) is 12.2. The van der Waals surface area contributed by atoms with E-state index in [-0.39, 0.29) is 11.4 Å². The number of hydrogen-bond donors (Lipinski definition) is 0. The number of ether oxygens (including phenoxy) is 1. The minimum absolute atomic E-state index is 0.100. The van der Waals surface area contributed by atoms with E-state index in [1.54, 1.807) is 6.92 Å². The quantitative estimate of drug-likeness (QED) is 0.437. The van der Waals surface area contributed by atoms with Crippen LogP contribution in [0.3, 0.4) is 0 Å². The number of nitro benzene ring substituents is 1. The van der Waals surface area contributed by atoms with Crippen LogP contribution in [0.1, 0.15) is 29.3 Å². The lowest BCUT2D eigenvalue weighted by Crippen LogP contribution is -2.01. The molecule has 0 bridgehead atoms. The van der Waals surface area contributed by atoms with E-state index in [1.807, 2.05) is 6.92 Å².